The molecule has 0 aliphatic carbocycles. The van der Waals surface area contributed by atoms with Crippen LogP contribution in [-0.2, 0) is 5.41 Å². The summed E-state index contributed by atoms with van der Waals surface area (Å²) in [6.07, 6.45) is 0. The quantitative estimate of drug-likeness (QED) is 0.202. The molecule has 0 atom stereocenters. The second-order valence-corrected chi connectivity index (χ2v) is 13.0. The minimum atomic E-state index is -0.0876. The number of hydrogen-bond donors (Lipinski definition) is 0. The average Bonchev–Trinajstić information content (AvgIpc) is 3.66. The van der Waals surface area contributed by atoms with E-state index in [9.17, 15) is 0 Å². The van der Waals surface area contributed by atoms with Crippen LogP contribution in [0.4, 0.5) is 0 Å². The smallest absolute Gasteiger partial charge is 0.180 e. The number of hydrogen-bond acceptors (Lipinski definition) is 3. The number of benzene rings is 6. The number of fused-ring (bicyclic) bond motifs is 8. The Morgan fingerprint density at radius 3 is 2.04 bits per heavy atom. The molecule has 1 aliphatic rings. The van der Waals surface area contributed by atoms with Crippen molar-refractivity contribution in [1.29, 1.82) is 0 Å². The first kappa shape index (κ1) is 26.2. The lowest BCUT2D eigenvalue weighted by Gasteiger charge is -2.34. The van der Waals surface area contributed by atoms with E-state index >= 15 is 0 Å². The molecule has 222 valence electrons. The molecule has 4 heteroatoms. The largest absolute Gasteiger partial charge is 0.452 e. The highest BCUT2D eigenvalue weighted by molar-refractivity contribution is 6.13. The maximum absolute atomic E-state index is 6.51. The fraction of sp³-hybridized carbons (Fsp3) is 0.0698. The molecule has 0 unspecified atom stereocenters. The van der Waals surface area contributed by atoms with Gasteiger partial charge in [0.2, 0.25) is 0 Å². The van der Waals surface area contributed by atoms with Gasteiger partial charge in [0, 0.05) is 32.7 Å². The lowest BCUT2D eigenvalue weighted by Crippen LogP contribution is -2.26. The van der Waals surface area contributed by atoms with Gasteiger partial charge in [-0.15, -0.1) is 0 Å². The van der Waals surface area contributed by atoms with Crippen LogP contribution in [0.5, 0.6) is 0 Å². The fourth-order valence-electron chi connectivity index (χ4n) is 7.68. The van der Waals surface area contributed by atoms with E-state index in [4.69, 9.17) is 14.4 Å². The molecule has 10 rings (SSSR count). The molecule has 1 aliphatic heterocycles. The van der Waals surface area contributed by atoms with Crippen LogP contribution in [0.3, 0.4) is 0 Å². The Balaban J connectivity index is 1.20. The van der Waals surface area contributed by atoms with Gasteiger partial charge in [-0.2, -0.15) is 0 Å². The Morgan fingerprint density at radius 1 is 0.553 bits per heavy atom. The molecule has 4 heterocycles. The van der Waals surface area contributed by atoms with Crippen molar-refractivity contribution in [2.75, 3.05) is 0 Å². The lowest BCUT2D eigenvalue weighted by atomic mass is 9.75. The van der Waals surface area contributed by atoms with Gasteiger partial charge in [-0.1, -0.05) is 123 Å². The summed E-state index contributed by atoms with van der Waals surface area (Å²) in [6.45, 7) is 4.68. The summed E-state index contributed by atoms with van der Waals surface area (Å²) >= 11 is 0. The van der Waals surface area contributed by atoms with Crippen LogP contribution >= 0.6 is 0 Å². The molecule has 4 nitrogen and oxygen atoms in total. The van der Waals surface area contributed by atoms with Crippen LogP contribution in [0.2, 0.25) is 0 Å². The summed E-state index contributed by atoms with van der Waals surface area (Å²) < 4.78 is 8.97. The molecule has 0 amide bonds. The second-order valence-electron chi connectivity index (χ2n) is 13.0. The Morgan fingerprint density at radius 2 is 1.23 bits per heavy atom. The molecule has 0 bridgehead atoms. The topological polar surface area (TPSA) is 43.9 Å². The Kier molecular flexibility index (Phi) is 5.31. The van der Waals surface area contributed by atoms with Gasteiger partial charge in [0.15, 0.2) is 11.4 Å². The van der Waals surface area contributed by atoms with Crippen molar-refractivity contribution < 1.29 is 4.42 Å². The summed E-state index contributed by atoms with van der Waals surface area (Å²) in [6, 6.07) is 49.3. The minimum Gasteiger partial charge on any atom is -0.452 e. The number of para-hydroxylation sites is 2. The zero-order valence-electron chi connectivity index (χ0n) is 26.0. The third kappa shape index (κ3) is 3.70. The summed E-state index contributed by atoms with van der Waals surface area (Å²) in [4.78, 5) is 10.1. The first-order chi connectivity index (χ1) is 23.1. The van der Waals surface area contributed by atoms with E-state index in [1.54, 1.807) is 0 Å². The maximum atomic E-state index is 6.51. The van der Waals surface area contributed by atoms with Crippen molar-refractivity contribution in [3.8, 4) is 39.5 Å². The highest BCUT2D eigenvalue weighted by atomic mass is 16.3. The van der Waals surface area contributed by atoms with Gasteiger partial charge in [-0.25, -0.2) is 9.97 Å². The van der Waals surface area contributed by atoms with E-state index in [0.717, 1.165) is 44.4 Å². The predicted molar refractivity (Wildman–Crippen MR) is 192 cm³/mol. The fourth-order valence-corrected chi connectivity index (χ4v) is 7.68. The molecule has 0 radical (unpaired) electrons. The Hall–Kier alpha value is -6.00. The van der Waals surface area contributed by atoms with Crippen LogP contribution in [0.25, 0.3) is 83.3 Å². The van der Waals surface area contributed by atoms with Crippen LogP contribution in [0.15, 0.2) is 144 Å². The van der Waals surface area contributed by atoms with Crippen LogP contribution in [-0.4, -0.2) is 14.5 Å². The Labute approximate surface area is 271 Å². The molecule has 0 N–H and O–H groups in total. The summed E-state index contributed by atoms with van der Waals surface area (Å²) in [7, 11) is 0. The molecule has 3 aromatic heterocycles. The number of furan rings is 1. The molecule has 9 aromatic rings. The first-order valence-electron chi connectivity index (χ1n) is 16.1. The second kappa shape index (κ2) is 9.51. The van der Waals surface area contributed by atoms with Gasteiger partial charge in [0.25, 0.3) is 0 Å². The van der Waals surface area contributed by atoms with E-state index in [1.165, 1.54) is 38.6 Å². The first-order valence-corrected chi connectivity index (χ1v) is 16.1. The van der Waals surface area contributed by atoms with Crippen molar-refractivity contribution >= 4 is 43.9 Å². The number of rotatable bonds is 3. The number of nitrogens with zero attached hydrogens (tertiary/aromatic N) is 3. The third-order valence-electron chi connectivity index (χ3n) is 10.0. The van der Waals surface area contributed by atoms with Crippen LogP contribution < -0.4 is 0 Å². The Bertz CT molecular complexity index is 2700. The van der Waals surface area contributed by atoms with Gasteiger partial charge < -0.3 is 8.98 Å². The van der Waals surface area contributed by atoms with Gasteiger partial charge >= 0.3 is 0 Å². The zero-order chi connectivity index (χ0) is 31.3. The van der Waals surface area contributed by atoms with Gasteiger partial charge in [-0.3, -0.25) is 0 Å². The highest BCUT2D eigenvalue weighted by Crippen LogP contribution is 2.48. The predicted octanol–water partition coefficient (Wildman–Crippen LogP) is 11.1. The molecule has 6 aromatic carbocycles. The molecule has 0 saturated heterocycles. The standard InChI is InChI=1S/C43H29N3O/c1-43(2)33-17-9-10-19-36(33)46-35-22-20-28(24-31(35)30-16-11-18-34(43)40(30)46)29-21-23-37-32(25-29)39-41(47-37)38(26-12-5-3-6-13-26)44-42(45-39)27-14-7-4-8-15-27/h3-25H,1-2H3. The lowest BCUT2D eigenvalue weighted by molar-refractivity contribution is 0.630. The SMILES string of the molecule is CC1(C)c2ccccc2-n2c3ccc(-c4ccc5oc6c(-c7ccccc7)nc(-c7ccccc7)nc6c5c4)cc3c3cccc1c32. The van der Waals surface area contributed by atoms with Crippen molar-refractivity contribution in [3.05, 3.63) is 151 Å². The molecule has 47 heavy (non-hydrogen) atoms. The number of aromatic nitrogens is 3. The third-order valence-corrected chi connectivity index (χ3v) is 10.0. The van der Waals surface area contributed by atoms with Crippen molar-refractivity contribution in [2.24, 2.45) is 0 Å². The maximum Gasteiger partial charge on any atom is 0.180 e. The summed E-state index contributed by atoms with van der Waals surface area (Å²) in [5.74, 6) is 0.684. The van der Waals surface area contributed by atoms with Crippen molar-refractivity contribution in [1.82, 2.24) is 14.5 Å². The molecule has 0 fully saturated rings. The molecule has 0 saturated carbocycles. The van der Waals surface area contributed by atoms with Gasteiger partial charge in [-0.05, 0) is 52.6 Å². The normalized spacial score (nSPS) is 13.5. The zero-order valence-corrected chi connectivity index (χ0v) is 26.0. The van der Waals surface area contributed by atoms with Gasteiger partial charge in [0.05, 0.1) is 16.7 Å². The van der Waals surface area contributed by atoms with E-state index in [0.29, 0.717) is 11.4 Å². The monoisotopic (exact) mass is 603 g/mol. The van der Waals surface area contributed by atoms with Crippen molar-refractivity contribution in [3.63, 3.8) is 0 Å². The van der Waals surface area contributed by atoms with E-state index in [1.807, 2.05) is 36.4 Å². The van der Waals surface area contributed by atoms with Crippen LogP contribution in [0, 0.1) is 0 Å². The average molecular weight is 604 g/mol. The van der Waals surface area contributed by atoms with Crippen LogP contribution in [0.1, 0.15) is 25.0 Å². The molecule has 0 spiro atoms. The summed E-state index contributed by atoms with van der Waals surface area (Å²) in [5.41, 5.74) is 13.8. The van der Waals surface area contributed by atoms with E-state index < -0.39 is 0 Å². The van der Waals surface area contributed by atoms with Gasteiger partial charge in [0.1, 0.15) is 16.8 Å². The highest BCUT2D eigenvalue weighted by Gasteiger charge is 2.34. The van der Waals surface area contributed by atoms with E-state index in [2.05, 4.69) is 122 Å². The summed E-state index contributed by atoms with van der Waals surface area (Å²) in [5, 5.41) is 3.52. The molecular formula is C43H29N3O. The minimum absolute atomic E-state index is 0.0876. The van der Waals surface area contributed by atoms with Crippen molar-refractivity contribution in [2.45, 2.75) is 19.3 Å². The molecular weight excluding hydrogens is 574 g/mol. The van der Waals surface area contributed by atoms with E-state index in [-0.39, 0.29) is 5.41 Å².